The highest BCUT2D eigenvalue weighted by molar-refractivity contribution is 5.90. The van der Waals surface area contributed by atoms with Crippen LogP contribution in [0.25, 0.3) is 16.9 Å². The third-order valence-corrected chi connectivity index (χ3v) is 4.01. The van der Waals surface area contributed by atoms with Crippen LogP contribution in [0.4, 0.5) is 5.82 Å². The fourth-order valence-electron chi connectivity index (χ4n) is 2.62. The van der Waals surface area contributed by atoms with E-state index >= 15 is 0 Å². The molecule has 2 aromatic heterocycles. The van der Waals surface area contributed by atoms with E-state index in [-0.39, 0.29) is 12.5 Å². The van der Waals surface area contributed by atoms with Gasteiger partial charge in [0.1, 0.15) is 5.75 Å². The van der Waals surface area contributed by atoms with E-state index in [1.807, 2.05) is 59.3 Å². The molecule has 0 saturated carbocycles. The fourth-order valence-corrected chi connectivity index (χ4v) is 2.62. The molecule has 0 radical (unpaired) electrons. The summed E-state index contributed by atoms with van der Waals surface area (Å²) in [6, 6.07) is 20.6. The van der Waals surface area contributed by atoms with Gasteiger partial charge < -0.3 is 14.6 Å². The molecule has 0 atom stereocenters. The normalized spacial score (nSPS) is 10.4. The molecule has 0 spiro atoms. The minimum absolute atomic E-state index is 0.119. The Morgan fingerprint density at radius 3 is 2.46 bits per heavy atom. The molecule has 0 fully saturated rings. The lowest BCUT2D eigenvalue weighted by Crippen LogP contribution is -2.21. The van der Waals surface area contributed by atoms with Crippen LogP contribution >= 0.6 is 0 Å². The summed E-state index contributed by atoms with van der Waals surface area (Å²) in [7, 11) is 0. The van der Waals surface area contributed by atoms with Crippen LogP contribution in [0.5, 0.6) is 5.75 Å². The van der Waals surface area contributed by atoms with Crippen molar-refractivity contribution in [2.75, 3.05) is 11.9 Å². The highest BCUT2D eigenvalue weighted by atomic mass is 16.5. The molecular formula is C21H17N5O2. The Morgan fingerprint density at radius 2 is 1.79 bits per heavy atom. The molecule has 28 heavy (non-hydrogen) atoms. The van der Waals surface area contributed by atoms with Crippen molar-refractivity contribution in [1.29, 1.82) is 0 Å². The number of ether oxygens (including phenoxy) is 1. The molecule has 1 amide bonds. The van der Waals surface area contributed by atoms with Crippen LogP contribution in [-0.2, 0) is 4.79 Å². The van der Waals surface area contributed by atoms with Crippen molar-refractivity contribution in [3.05, 3.63) is 85.5 Å². The zero-order chi connectivity index (χ0) is 19.2. The first-order valence-corrected chi connectivity index (χ1v) is 8.68. The molecule has 7 heteroatoms. The van der Waals surface area contributed by atoms with E-state index in [4.69, 9.17) is 4.74 Å². The largest absolute Gasteiger partial charge is 0.484 e. The van der Waals surface area contributed by atoms with Gasteiger partial charge in [-0.05, 0) is 36.4 Å². The number of amides is 1. The number of carbonyl (C=O) groups excluding carboxylic acids is 1. The molecule has 0 saturated heterocycles. The number of carbonyl (C=O) groups is 1. The predicted molar refractivity (Wildman–Crippen MR) is 105 cm³/mol. The molecule has 1 N–H and O–H groups in total. The van der Waals surface area contributed by atoms with Crippen molar-refractivity contribution in [3.8, 4) is 22.7 Å². The van der Waals surface area contributed by atoms with Crippen LogP contribution in [0, 0.1) is 0 Å². The summed E-state index contributed by atoms with van der Waals surface area (Å²) in [5, 5.41) is 10.9. The molecule has 2 aromatic carbocycles. The van der Waals surface area contributed by atoms with Crippen LogP contribution in [-0.4, -0.2) is 32.3 Å². The molecule has 0 aliphatic heterocycles. The summed E-state index contributed by atoms with van der Waals surface area (Å²) in [4.78, 5) is 16.1. The highest BCUT2D eigenvalue weighted by Gasteiger charge is 2.07. The summed E-state index contributed by atoms with van der Waals surface area (Å²) in [5.41, 5.74) is 2.67. The molecule has 0 aliphatic rings. The van der Waals surface area contributed by atoms with Gasteiger partial charge in [-0.1, -0.05) is 30.3 Å². The van der Waals surface area contributed by atoms with Crippen LogP contribution in [0.3, 0.4) is 0 Å². The zero-order valence-corrected chi connectivity index (χ0v) is 14.9. The molecule has 2 heterocycles. The van der Waals surface area contributed by atoms with Gasteiger partial charge in [0.05, 0.1) is 12.0 Å². The first kappa shape index (κ1) is 17.4. The molecule has 0 unspecified atom stereocenters. The Balaban J connectivity index is 1.31. The summed E-state index contributed by atoms with van der Waals surface area (Å²) < 4.78 is 7.40. The van der Waals surface area contributed by atoms with Crippen molar-refractivity contribution >= 4 is 11.7 Å². The first-order valence-electron chi connectivity index (χ1n) is 8.68. The smallest absolute Gasteiger partial charge is 0.263 e. The number of aromatic nitrogens is 4. The minimum atomic E-state index is -0.305. The fraction of sp³-hybridized carbons (Fsp3) is 0.0476. The maximum Gasteiger partial charge on any atom is 0.263 e. The molecule has 0 aliphatic carbocycles. The van der Waals surface area contributed by atoms with E-state index in [1.54, 1.807) is 30.7 Å². The van der Waals surface area contributed by atoms with Gasteiger partial charge in [0, 0.05) is 23.6 Å². The average Bonchev–Trinajstić information content (AvgIpc) is 3.29. The third kappa shape index (κ3) is 4.21. The Labute approximate surface area is 161 Å². The highest BCUT2D eigenvalue weighted by Crippen LogP contribution is 2.17. The molecule has 7 nitrogen and oxygen atoms in total. The lowest BCUT2D eigenvalue weighted by molar-refractivity contribution is -0.118. The third-order valence-electron chi connectivity index (χ3n) is 4.01. The van der Waals surface area contributed by atoms with Gasteiger partial charge in [0.2, 0.25) is 0 Å². The van der Waals surface area contributed by atoms with Crippen LogP contribution in [0.1, 0.15) is 0 Å². The van der Waals surface area contributed by atoms with E-state index in [2.05, 4.69) is 20.5 Å². The van der Waals surface area contributed by atoms with E-state index < -0.39 is 0 Å². The molecular weight excluding hydrogens is 354 g/mol. The van der Waals surface area contributed by atoms with Crippen molar-refractivity contribution in [1.82, 2.24) is 19.7 Å². The molecule has 138 valence electrons. The van der Waals surface area contributed by atoms with Crippen molar-refractivity contribution in [2.45, 2.75) is 0 Å². The minimum Gasteiger partial charge on any atom is -0.484 e. The van der Waals surface area contributed by atoms with E-state index in [0.717, 1.165) is 16.9 Å². The maximum absolute atomic E-state index is 12.1. The number of nitrogens with zero attached hydrogens (tertiary/aromatic N) is 4. The quantitative estimate of drug-likeness (QED) is 0.562. The second kappa shape index (κ2) is 8.13. The van der Waals surface area contributed by atoms with Crippen molar-refractivity contribution in [3.63, 3.8) is 0 Å². The lowest BCUT2D eigenvalue weighted by Gasteiger charge is -2.08. The second-order valence-corrected chi connectivity index (χ2v) is 5.97. The van der Waals surface area contributed by atoms with Gasteiger partial charge in [-0.3, -0.25) is 4.79 Å². The van der Waals surface area contributed by atoms with Gasteiger partial charge in [0.25, 0.3) is 5.91 Å². The van der Waals surface area contributed by atoms with Crippen LogP contribution in [0.15, 0.2) is 85.5 Å². The molecule has 4 aromatic rings. The van der Waals surface area contributed by atoms with E-state index in [0.29, 0.717) is 11.6 Å². The Morgan fingerprint density at radius 1 is 0.964 bits per heavy atom. The van der Waals surface area contributed by atoms with Gasteiger partial charge >= 0.3 is 0 Å². The topological polar surface area (TPSA) is 81.9 Å². The standard InChI is InChI=1S/C21H17N5O2/c27-21(14-28-18-8-6-17(7-9-18)26-13-12-22-15-26)23-20-11-10-19(24-25-20)16-4-2-1-3-5-16/h1-13,15H,14H2,(H,23,25,27). The summed E-state index contributed by atoms with van der Waals surface area (Å²) in [6.45, 7) is -0.119. The maximum atomic E-state index is 12.1. The lowest BCUT2D eigenvalue weighted by atomic mass is 10.1. The van der Waals surface area contributed by atoms with Gasteiger partial charge in [-0.2, -0.15) is 0 Å². The number of hydrogen-bond acceptors (Lipinski definition) is 5. The summed E-state index contributed by atoms with van der Waals surface area (Å²) >= 11 is 0. The molecule has 4 rings (SSSR count). The van der Waals surface area contributed by atoms with Crippen LogP contribution < -0.4 is 10.1 Å². The first-order chi connectivity index (χ1) is 13.8. The zero-order valence-electron chi connectivity index (χ0n) is 14.9. The second-order valence-electron chi connectivity index (χ2n) is 5.97. The van der Waals surface area contributed by atoms with E-state index in [9.17, 15) is 4.79 Å². The van der Waals surface area contributed by atoms with Gasteiger partial charge in [-0.25, -0.2) is 4.98 Å². The molecule has 0 bridgehead atoms. The summed E-state index contributed by atoms with van der Waals surface area (Å²) in [6.07, 6.45) is 5.28. The SMILES string of the molecule is O=C(COc1ccc(-n2ccnc2)cc1)Nc1ccc(-c2ccccc2)nn1. The van der Waals surface area contributed by atoms with Gasteiger partial charge in [-0.15, -0.1) is 10.2 Å². The number of anilines is 1. The predicted octanol–water partition coefficient (Wildman–Crippen LogP) is 3.35. The average molecular weight is 371 g/mol. The van der Waals surface area contributed by atoms with Gasteiger partial charge in [0.15, 0.2) is 12.4 Å². The number of hydrogen-bond donors (Lipinski definition) is 1. The summed E-state index contributed by atoms with van der Waals surface area (Å²) in [5.74, 6) is 0.675. The number of nitrogens with one attached hydrogen (secondary N) is 1. The Hall–Kier alpha value is -4.00. The number of rotatable bonds is 6. The number of benzene rings is 2. The monoisotopic (exact) mass is 371 g/mol. The van der Waals surface area contributed by atoms with Crippen molar-refractivity contribution in [2.24, 2.45) is 0 Å². The number of imidazole rings is 1. The van der Waals surface area contributed by atoms with E-state index in [1.165, 1.54) is 0 Å². The van der Waals surface area contributed by atoms with Crippen molar-refractivity contribution < 1.29 is 9.53 Å². The van der Waals surface area contributed by atoms with Crippen LogP contribution in [0.2, 0.25) is 0 Å². The Kier molecular flexibility index (Phi) is 5.06. The Bertz CT molecular complexity index is 1030.